The monoisotopic (exact) mass is 401 g/mol. The number of rotatable bonds is 11. The SMILES string of the molecule is CCNC(=NCCCN1CCCCCC1=O)NCCCN(C)Cc1ccccc1. The van der Waals surface area contributed by atoms with Crippen molar-refractivity contribution >= 4 is 11.9 Å². The van der Waals surface area contributed by atoms with Gasteiger partial charge in [0.05, 0.1) is 0 Å². The molecule has 0 aliphatic carbocycles. The minimum absolute atomic E-state index is 0.316. The van der Waals surface area contributed by atoms with E-state index < -0.39 is 0 Å². The lowest BCUT2D eigenvalue weighted by Gasteiger charge is -2.20. The van der Waals surface area contributed by atoms with Crippen LogP contribution in [0.15, 0.2) is 35.3 Å². The fourth-order valence-corrected chi connectivity index (χ4v) is 3.60. The van der Waals surface area contributed by atoms with E-state index in [1.165, 1.54) is 12.0 Å². The van der Waals surface area contributed by atoms with Crippen LogP contribution in [0.5, 0.6) is 0 Å². The number of hydrogen-bond donors (Lipinski definition) is 2. The Kier molecular flexibility index (Phi) is 11.2. The van der Waals surface area contributed by atoms with Gasteiger partial charge in [-0.05, 0) is 51.8 Å². The second kappa shape index (κ2) is 14.0. The van der Waals surface area contributed by atoms with Crippen LogP contribution in [0, 0.1) is 0 Å². The van der Waals surface area contributed by atoms with Crippen molar-refractivity contribution in [2.24, 2.45) is 4.99 Å². The lowest BCUT2D eigenvalue weighted by molar-refractivity contribution is -0.130. The second-order valence-electron chi connectivity index (χ2n) is 7.81. The van der Waals surface area contributed by atoms with Gasteiger partial charge in [-0.2, -0.15) is 0 Å². The van der Waals surface area contributed by atoms with Gasteiger partial charge in [0.1, 0.15) is 0 Å². The van der Waals surface area contributed by atoms with Crippen LogP contribution in [0.2, 0.25) is 0 Å². The van der Waals surface area contributed by atoms with Crippen molar-refractivity contribution in [1.82, 2.24) is 20.4 Å². The molecule has 162 valence electrons. The van der Waals surface area contributed by atoms with E-state index in [4.69, 9.17) is 0 Å². The average molecular weight is 402 g/mol. The summed E-state index contributed by atoms with van der Waals surface area (Å²) in [4.78, 5) is 21.1. The summed E-state index contributed by atoms with van der Waals surface area (Å²) in [6, 6.07) is 10.6. The van der Waals surface area contributed by atoms with Crippen molar-refractivity contribution in [2.45, 2.75) is 52.0 Å². The normalized spacial score (nSPS) is 15.5. The van der Waals surface area contributed by atoms with Gasteiger partial charge in [0.25, 0.3) is 0 Å². The van der Waals surface area contributed by atoms with Crippen LogP contribution < -0.4 is 10.6 Å². The number of amides is 1. The van der Waals surface area contributed by atoms with Gasteiger partial charge in [0, 0.05) is 45.7 Å². The molecule has 1 aromatic carbocycles. The largest absolute Gasteiger partial charge is 0.357 e. The van der Waals surface area contributed by atoms with Crippen LogP contribution in [-0.2, 0) is 11.3 Å². The number of carbonyl (C=O) groups is 1. The van der Waals surface area contributed by atoms with Gasteiger partial charge in [-0.15, -0.1) is 0 Å². The Morgan fingerprint density at radius 2 is 1.97 bits per heavy atom. The highest BCUT2D eigenvalue weighted by molar-refractivity contribution is 5.79. The lowest BCUT2D eigenvalue weighted by atomic mass is 10.2. The summed E-state index contributed by atoms with van der Waals surface area (Å²) < 4.78 is 0. The van der Waals surface area contributed by atoms with E-state index in [9.17, 15) is 4.79 Å². The Labute approximate surface area is 176 Å². The highest BCUT2D eigenvalue weighted by atomic mass is 16.2. The molecule has 0 bridgehead atoms. The molecule has 1 saturated heterocycles. The molecule has 1 heterocycles. The first kappa shape index (κ1) is 23.2. The second-order valence-corrected chi connectivity index (χ2v) is 7.81. The van der Waals surface area contributed by atoms with Crippen molar-refractivity contribution in [1.29, 1.82) is 0 Å². The van der Waals surface area contributed by atoms with Gasteiger partial charge >= 0.3 is 0 Å². The molecular formula is C23H39N5O. The van der Waals surface area contributed by atoms with E-state index in [1.54, 1.807) is 0 Å². The third-order valence-corrected chi connectivity index (χ3v) is 5.18. The Morgan fingerprint density at radius 1 is 1.14 bits per heavy atom. The molecule has 1 amide bonds. The number of guanidine groups is 1. The van der Waals surface area contributed by atoms with Gasteiger partial charge in [-0.3, -0.25) is 9.79 Å². The molecule has 1 aromatic rings. The van der Waals surface area contributed by atoms with Gasteiger partial charge in [-0.25, -0.2) is 0 Å². The fraction of sp³-hybridized carbons (Fsp3) is 0.652. The zero-order valence-electron chi connectivity index (χ0n) is 18.3. The van der Waals surface area contributed by atoms with E-state index in [2.05, 4.69) is 64.8 Å². The molecule has 0 aromatic heterocycles. The van der Waals surface area contributed by atoms with E-state index in [1.807, 2.05) is 4.90 Å². The van der Waals surface area contributed by atoms with Crippen molar-refractivity contribution in [3.05, 3.63) is 35.9 Å². The summed E-state index contributed by atoms with van der Waals surface area (Å²) in [5.41, 5.74) is 1.35. The molecule has 1 aliphatic rings. The molecule has 1 aliphatic heterocycles. The van der Waals surface area contributed by atoms with E-state index in [-0.39, 0.29) is 0 Å². The van der Waals surface area contributed by atoms with Crippen molar-refractivity contribution in [3.8, 4) is 0 Å². The van der Waals surface area contributed by atoms with Gasteiger partial charge < -0.3 is 20.4 Å². The molecule has 1 fully saturated rings. The molecule has 2 N–H and O–H groups in total. The average Bonchev–Trinajstić information content (AvgIpc) is 2.93. The summed E-state index contributed by atoms with van der Waals surface area (Å²) in [6.07, 6.45) is 6.06. The first-order chi connectivity index (χ1) is 14.2. The van der Waals surface area contributed by atoms with Crippen molar-refractivity contribution < 1.29 is 4.79 Å². The predicted molar refractivity (Wildman–Crippen MR) is 121 cm³/mol. The highest BCUT2D eigenvalue weighted by Gasteiger charge is 2.15. The Morgan fingerprint density at radius 3 is 2.76 bits per heavy atom. The van der Waals surface area contributed by atoms with E-state index in [0.29, 0.717) is 12.3 Å². The molecular weight excluding hydrogens is 362 g/mol. The molecule has 0 radical (unpaired) electrons. The smallest absolute Gasteiger partial charge is 0.222 e. The standard InChI is InChI=1S/C23H39N5O/c1-3-24-23(26-16-11-19-28-18-9-5-8-14-22(28)29)25-15-10-17-27(2)20-21-12-6-4-7-13-21/h4,6-7,12-13H,3,5,8-11,14-20H2,1-2H3,(H2,24,25,26). The van der Waals surface area contributed by atoms with E-state index >= 15 is 0 Å². The van der Waals surface area contributed by atoms with Crippen LogP contribution in [0.25, 0.3) is 0 Å². The number of benzene rings is 1. The third kappa shape index (κ3) is 9.79. The Balaban J connectivity index is 1.63. The van der Waals surface area contributed by atoms with Crippen LogP contribution in [0.3, 0.4) is 0 Å². The van der Waals surface area contributed by atoms with Crippen LogP contribution >= 0.6 is 0 Å². The summed E-state index contributed by atoms with van der Waals surface area (Å²) in [6.45, 7) is 8.33. The zero-order chi connectivity index (χ0) is 20.7. The summed E-state index contributed by atoms with van der Waals surface area (Å²) >= 11 is 0. The first-order valence-corrected chi connectivity index (χ1v) is 11.2. The van der Waals surface area contributed by atoms with Crippen LogP contribution in [0.1, 0.15) is 51.0 Å². The number of carbonyl (C=O) groups excluding carboxylic acids is 1. The molecule has 2 rings (SSSR count). The number of likely N-dealkylation sites (tertiary alicyclic amines) is 1. The maximum Gasteiger partial charge on any atom is 0.222 e. The summed E-state index contributed by atoms with van der Waals surface area (Å²) in [5.74, 6) is 1.19. The maximum atomic E-state index is 12.1. The zero-order valence-corrected chi connectivity index (χ0v) is 18.3. The first-order valence-electron chi connectivity index (χ1n) is 11.2. The molecule has 6 nitrogen and oxygen atoms in total. The molecule has 0 saturated carbocycles. The van der Waals surface area contributed by atoms with Crippen molar-refractivity contribution in [2.75, 3.05) is 46.3 Å². The molecule has 0 unspecified atom stereocenters. The minimum Gasteiger partial charge on any atom is -0.357 e. The minimum atomic E-state index is 0.316. The Hall–Kier alpha value is -2.08. The summed E-state index contributed by atoms with van der Waals surface area (Å²) in [7, 11) is 2.16. The highest BCUT2D eigenvalue weighted by Crippen LogP contribution is 2.11. The van der Waals surface area contributed by atoms with Crippen LogP contribution in [-0.4, -0.2) is 68.0 Å². The van der Waals surface area contributed by atoms with Gasteiger partial charge in [0.15, 0.2) is 5.96 Å². The Bertz CT molecular complexity index is 605. The number of hydrogen-bond acceptors (Lipinski definition) is 3. The quantitative estimate of drug-likeness (QED) is 0.340. The van der Waals surface area contributed by atoms with Crippen LogP contribution in [0.4, 0.5) is 0 Å². The topological polar surface area (TPSA) is 60.0 Å². The molecule has 0 spiro atoms. The number of aliphatic imine (C=N–C) groups is 1. The molecule has 6 heteroatoms. The van der Waals surface area contributed by atoms with Gasteiger partial charge in [-0.1, -0.05) is 36.8 Å². The van der Waals surface area contributed by atoms with Crippen molar-refractivity contribution in [3.63, 3.8) is 0 Å². The number of nitrogens with one attached hydrogen (secondary N) is 2. The maximum absolute atomic E-state index is 12.1. The number of nitrogens with zero attached hydrogens (tertiary/aromatic N) is 3. The molecule has 0 atom stereocenters. The summed E-state index contributed by atoms with van der Waals surface area (Å²) in [5, 5.41) is 6.74. The third-order valence-electron chi connectivity index (χ3n) is 5.18. The fourth-order valence-electron chi connectivity index (χ4n) is 3.60. The van der Waals surface area contributed by atoms with Gasteiger partial charge in [0.2, 0.25) is 5.91 Å². The predicted octanol–water partition coefficient (Wildman–Crippen LogP) is 2.86. The van der Waals surface area contributed by atoms with E-state index in [0.717, 1.165) is 77.5 Å². The lowest BCUT2D eigenvalue weighted by Crippen LogP contribution is -2.39. The molecule has 29 heavy (non-hydrogen) atoms.